The van der Waals surface area contributed by atoms with Gasteiger partial charge in [-0.15, -0.1) is 0 Å². The minimum absolute atomic E-state index is 0.112. The van der Waals surface area contributed by atoms with Gasteiger partial charge in [0.15, 0.2) is 0 Å². The minimum Gasteiger partial charge on any atom is -0.497 e. The van der Waals surface area contributed by atoms with Gasteiger partial charge in [0.1, 0.15) is 16.4 Å². The highest BCUT2D eigenvalue weighted by atomic mass is 32.2. The third-order valence-corrected chi connectivity index (χ3v) is 4.24. The fourth-order valence-corrected chi connectivity index (χ4v) is 2.87. The predicted molar refractivity (Wildman–Crippen MR) is 79.0 cm³/mol. The Bertz CT molecular complexity index is 725. The number of nitrogens with two attached hydrogens (primary N) is 1. The highest BCUT2D eigenvalue weighted by Gasteiger charge is 2.18. The molecule has 1 aromatic heterocycles. The summed E-state index contributed by atoms with van der Waals surface area (Å²) < 4.78 is 37.3. The molecular formula is C13H17N3O4S. The first-order valence-corrected chi connectivity index (χ1v) is 7.60. The molecule has 7 nitrogen and oxygen atoms in total. The monoisotopic (exact) mass is 311 g/mol. The number of anilines is 1. The van der Waals surface area contributed by atoms with Gasteiger partial charge >= 0.3 is 0 Å². The number of H-pyrrole nitrogens is 1. The summed E-state index contributed by atoms with van der Waals surface area (Å²) in [4.78, 5) is 2.91. The van der Waals surface area contributed by atoms with Crippen LogP contribution in [-0.2, 0) is 16.6 Å². The van der Waals surface area contributed by atoms with E-state index in [0.29, 0.717) is 22.9 Å². The van der Waals surface area contributed by atoms with Gasteiger partial charge < -0.3 is 20.2 Å². The quantitative estimate of drug-likeness (QED) is 0.745. The van der Waals surface area contributed by atoms with Crippen LogP contribution >= 0.6 is 0 Å². The Kier molecular flexibility index (Phi) is 4.39. The molecule has 2 rings (SSSR count). The number of aromatic nitrogens is 1. The van der Waals surface area contributed by atoms with E-state index < -0.39 is 10.0 Å². The molecule has 0 bridgehead atoms. The molecule has 2 aromatic rings. The average Bonchev–Trinajstić information content (AvgIpc) is 2.97. The smallest absolute Gasteiger partial charge is 0.263 e. The first kappa shape index (κ1) is 15.2. The number of aromatic amines is 1. The number of methoxy groups -OCH3 is 2. The van der Waals surface area contributed by atoms with Crippen molar-refractivity contribution in [1.82, 2.24) is 4.98 Å². The lowest BCUT2D eigenvalue weighted by Gasteiger charge is -2.12. The van der Waals surface area contributed by atoms with Crippen molar-refractivity contribution < 1.29 is 17.9 Å². The van der Waals surface area contributed by atoms with Crippen molar-refractivity contribution in [2.24, 2.45) is 5.73 Å². The zero-order valence-electron chi connectivity index (χ0n) is 11.7. The van der Waals surface area contributed by atoms with Gasteiger partial charge in [0.2, 0.25) is 0 Å². The molecular weight excluding hydrogens is 294 g/mol. The number of ether oxygens (including phenoxy) is 2. The molecule has 114 valence electrons. The van der Waals surface area contributed by atoms with E-state index in [1.807, 2.05) is 0 Å². The lowest BCUT2D eigenvalue weighted by molar-refractivity contribution is 0.395. The second-order valence-corrected chi connectivity index (χ2v) is 5.92. The maximum atomic E-state index is 12.3. The summed E-state index contributed by atoms with van der Waals surface area (Å²) in [6, 6.07) is 6.30. The van der Waals surface area contributed by atoms with E-state index in [9.17, 15) is 8.42 Å². The highest BCUT2D eigenvalue weighted by molar-refractivity contribution is 7.92. The predicted octanol–water partition coefficient (Wildman–Crippen LogP) is 1.29. The number of hydrogen-bond acceptors (Lipinski definition) is 5. The molecule has 8 heteroatoms. The van der Waals surface area contributed by atoms with E-state index in [-0.39, 0.29) is 11.4 Å². The molecule has 0 radical (unpaired) electrons. The van der Waals surface area contributed by atoms with Crippen molar-refractivity contribution >= 4 is 15.7 Å². The van der Waals surface area contributed by atoms with Crippen LogP contribution in [0.2, 0.25) is 0 Å². The summed E-state index contributed by atoms with van der Waals surface area (Å²) >= 11 is 0. The zero-order chi connectivity index (χ0) is 15.5. The molecule has 0 amide bonds. The van der Waals surface area contributed by atoms with Crippen molar-refractivity contribution in [2.45, 2.75) is 11.4 Å². The molecule has 1 heterocycles. The number of hydrogen-bond donors (Lipinski definition) is 3. The van der Waals surface area contributed by atoms with E-state index in [1.165, 1.54) is 26.5 Å². The van der Waals surface area contributed by atoms with Crippen molar-refractivity contribution in [3.8, 4) is 11.5 Å². The minimum atomic E-state index is -3.71. The van der Waals surface area contributed by atoms with Crippen LogP contribution in [0.25, 0.3) is 0 Å². The molecule has 0 saturated heterocycles. The third-order valence-electron chi connectivity index (χ3n) is 2.90. The molecule has 21 heavy (non-hydrogen) atoms. The largest absolute Gasteiger partial charge is 0.497 e. The van der Waals surface area contributed by atoms with Crippen LogP contribution in [0.1, 0.15) is 5.69 Å². The number of rotatable bonds is 6. The average molecular weight is 311 g/mol. The molecule has 0 unspecified atom stereocenters. The second kappa shape index (κ2) is 6.06. The topological polar surface area (TPSA) is 106 Å². The Morgan fingerprint density at radius 1 is 1.24 bits per heavy atom. The summed E-state index contributed by atoms with van der Waals surface area (Å²) in [5.74, 6) is 0.939. The molecule has 4 N–H and O–H groups in total. The van der Waals surface area contributed by atoms with Gasteiger partial charge in [0, 0.05) is 24.5 Å². The summed E-state index contributed by atoms with van der Waals surface area (Å²) in [7, 11) is -0.738. The van der Waals surface area contributed by atoms with Crippen molar-refractivity contribution in [3.05, 3.63) is 36.2 Å². The SMILES string of the molecule is COc1ccc(NS(=O)(=O)c2c[nH]c(CN)c2)c(OC)c1. The summed E-state index contributed by atoms with van der Waals surface area (Å²) in [6.07, 6.45) is 1.39. The summed E-state index contributed by atoms with van der Waals surface area (Å²) in [6.45, 7) is 0.237. The van der Waals surface area contributed by atoms with E-state index in [2.05, 4.69) is 9.71 Å². The number of nitrogens with one attached hydrogen (secondary N) is 2. The van der Waals surface area contributed by atoms with Gasteiger partial charge in [-0.25, -0.2) is 8.42 Å². The molecule has 0 aliphatic carbocycles. The first-order chi connectivity index (χ1) is 10.00. The van der Waals surface area contributed by atoms with Gasteiger partial charge in [0.25, 0.3) is 10.0 Å². The van der Waals surface area contributed by atoms with E-state index >= 15 is 0 Å². The molecule has 0 atom stereocenters. The number of sulfonamides is 1. The first-order valence-electron chi connectivity index (χ1n) is 6.12. The molecule has 0 saturated carbocycles. The second-order valence-electron chi connectivity index (χ2n) is 4.24. The van der Waals surface area contributed by atoms with Crippen LogP contribution in [0, 0.1) is 0 Å². The fraction of sp³-hybridized carbons (Fsp3) is 0.231. The standard InChI is InChI=1S/C13H17N3O4S/c1-19-10-3-4-12(13(6-10)20-2)16-21(17,18)11-5-9(7-14)15-8-11/h3-6,8,15-16H,7,14H2,1-2H3. The molecule has 1 aromatic carbocycles. The summed E-state index contributed by atoms with van der Waals surface area (Å²) in [5.41, 5.74) is 6.42. The third kappa shape index (κ3) is 3.29. The maximum Gasteiger partial charge on any atom is 0.263 e. The molecule has 0 aliphatic heterocycles. The van der Waals surface area contributed by atoms with E-state index in [4.69, 9.17) is 15.2 Å². The van der Waals surface area contributed by atoms with Gasteiger partial charge in [-0.05, 0) is 18.2 Å². The van der Waals surface area contributed by atoms with Crippen molar-refractivity contribution in [1.29, 1.82) is 0 Å². The lowest BCUT2D eigenvalue weighted by Crippen LogP contribution is -2.13. The van der Waals surface area contributed by atoms with Gasteiger partial charge in [0.05, 0.1) is 19.9 Å². The Morgan fingerprint density at radius 2 is 2.00 bits per heavy atom. The number of benzene rings is 1. The molecule has 0 fully saturated rings. The fourth-order valence-electron chi connectivity index (χ4n) is 1.78. The molecule has 0 aliphatic rings. The Hall–Kier alpha value is -2.19. The molecule has 0 spiro atoms. The van der Waals surface area contributed by atoms with Crippen molar-refractivity contribution in [2.75, 3.05) is 18.9 Å². The van der Waals surface area contributed by atoms with Crippen LogP contribution in [0.15, 0.2) is 35.4 Å². The van der Waals surface area contributed by atoms with Gasteiger partial charge in [-0.3, -0.25) is 4.72 Å². The van der Waals surface area contributed by atoms with Crippen LogP contribution < -0.4 is 19.9 Å². The normalized spacial score (nSPS) is 11.2. The Morgan fingerprint density at radius 3 is 2.57 bits per heavy atom. The van der Waals surface area contributed by atoms with Gasteiger partial charge in [-0.2, -0.15) is 0 Å². The van der Waals surface area contributed by atoms with Gasteiger partial charge in [-0.1, -0.05) is 0 Å². The Balaban J connectivity index is 2.32. The maximum absolute atomic E-state index is 12.3. The highest BCUT2D eigenvalue weighted by Crippen LogP contribution is 2.30. The zero-order valence-corrected chi connectivity index (χ0v) is 12.5. The van der Waals surface area contributed by atoms with Crippen LogP contribution in [0.4, 0.5) is 5.69 Å². The lowest BCUT2D eigenvalue weighted by atomic mass is 10.3. The van der Waals surface area contributed by atoms with E-state index in [0.717, 1.165) is 0 Å². The van der Waals surface area contributed by atoms with E-state index in [1.54, 1.807) is 18.2 Å². The van der Waals surface area contributed by atoms with Crippen molar-refractivity contribution in [3.63, 3.8) is 0 Å². The summed E-state index contributed by atoms with van der Waals surface area (Å²) in [5, 5.41) is 0. The van der Waals surface area contributed by atoms with Crippen LogP contribution in [0.5, 0.6) is 11.5 Å². The van der Waals surface area contributed by atoms with Crippen LogP contribution in [0.3, 0.4) is 0 Å². The Labute approximate surface area is 123 Å². The van der Waals surface area contributed by atoms with Crippen LogP contribution in [-0.4, -0.2) is 27.6 Å².